The number of benzene rings is 1. The molecule has 0 radical (unpaired) electrons. The summed E-state index contributed by atoms with van der Waals surface area (Å²) in [5.41, 5.74) is 0.873. The summed E-state index contributed by atoms with van der Waals surface area (Å²) in [4.78, 5) is 13.6. The maximum Gasteiger partial charge on any atom is 0.246 e. The van der Waals surface area contributed by atoms with Gasteiger partial charge >= 0.3 is 0 Å². The van der Waals surface area contributed by atoms with Gasteiger partial charge in [-0.3, -0.25) is 4.79 Å². The first-order chi connectivity index (χ1) is 8.65. The highest BCUT2D eigenvalue weighted by molar-refractivity contribution is 5.91. The molecule has 1 amide bonds. The molecule has 0 bridgehead atoms. The highest BCUT2D eigenvalue weighted by atomic mass is 16.3. The standard InChI is InChI=1S/C14H17NO3/c16-12-4-1-11(2-5-12)3-6-14(18)15-9-7-13(17)8-10-15/h1-6,13,16-17H,7-10H2/b6-3+. The molecule has 0 unspecified atom stereocenters. The molecule has 2 rings (SSSR count). The second kappa shape index (κ2) is 5.69. The highest BCUT2D eigenvalue weighted by Gasteiger charge is 2.19. The summed E-state index contributed by atoms with van der Waals surface area (Å²) >= 11 is 0. The van der Waals surface area contributed by atoms with Crippen molar-refractivity contribution in [3.63, 3.8) is 0 Å². The summed E-state index contributed by atoms with van der Waals surface area (Å²) in [5.74, 6) is 0.179. The summed E-state index contributed by atoms with van der Waals surface area (Å²) in [6, 6.07) is 6.67. The molecule has 1 aliphatic rings. The van der Waals surface area contributed by atoms with Gasteiger partial charge in [-0.05, 0) is 36.6 Å². The van der Waals surface area contributed by atoms with Gasteiger partial charge < -0.3 is 15.1 Å². The van der Waals surface area contributed by atoms with Crippen LogP contribution >= 0.6 is 0 Å². The predicted molar refractivity (Wildman–Crippen MR) is 69.0 cm³/mol. The summed E-state index contributed by atoms with van der Waals surface area (Å²) in [6.45, 7) is 1.22. The van der Waals surface area contributed by atoms with E-state index in [4.69, 9.17) is 5.11 Å². The zero-order valence-corrected chi connectivity index (χ0v) is 10.1. The molecule has 4 nitrogen and oxygen atoms in total. The number of nitrogens with zero attached hydrogens (tertiary/aromatic N) is 1. The van der Waals surface area contributed by atoms with Crippen molar-refractivity contribution in [1.29, 1.82) is 0 Å². The fraction of sp³-hybridized carbons (Fsp3) is 0.357. The minimum Gasteiger partial charge on any atom is -0.508 e. The van der Waals surface area contributed by atoms with Crippen molar-refractivity contribution in [2.24, 2.45) is 0 Å². The average molecular weight is 247 g/mol. The number of amides is 1. The largest absolute Gasteiger partial charge is 0.508 e. The van der Waals surface area contributed by atoms with Crippen LogP contribution in [0.4, 0.5) is 0 Å². The number of piperidine rings is 1. The maximum atomic E-state index is 11.9. The number of likely N-dealkylation sites (tertiary alicyclic amines) is 1. The van der Waals surface area contributed by atoms with Crippen LogP contribution in [0, 0.1) is 0 Å². The first-order valence-corrected chi connectivity index (χ1v) is 6.09. The first kappa shape index (κ1) is 12.6. The van der Waals surface area contributed by atoms with Gasteiger partial charge in [0, 0.05) is 19.2 Å². The lowest BCUT2D eigenvalue weighted by atomic mass is 10.1. The molecule has 0 atom stereocenters. The van der Waals surface area contributed by atoms with Crippen molar-refractivity contribution in [3.8, 4) is 5.75 Å². The van der Waals surface area contributed by atoms with Gasteiger partial charge in [0.2, 0.25) is 5.91 Å². The molecular weight excluding hydrogens is 230 g/mol. The van der Waals surface area contributed by atoms with Crippen LogP contribution < -0.4 is 0 Å². The number of carbonyl (C=O) groups is 1. The van der Waals surface area contributed by atoms with E-state index < -0.39 is 0 Å². The van der Waals surface area contributed by atoms with Crippen molar-refractivity contribution in [2.45, 2.75) is 18.9 Å². The van der Waals surface area contributed by atoms with E-state index in [9.17, 15) is 9.90 Å². The van der Waals surface area contributed by atoms with Crippen LogP contribution in [0.15, 0.2) is 30.3 Å². The van der Waals surface area contributed by atoms with Crippen LogP contribution in [0.25, 0.3) is 6.08 Å². The van der Waals surface area contributed by atoms with Gasteiger partial charge in [0.15, 0.2) is 0 Å². The van der Waals surface area contributed by atoms with Gasteiger partial charge in [-0.2, -0.15) is 0 Å². The normalized spacial score (nSPS) is 17.3. The summed E-state index contributed by atoms with van der Waals surface area (Å²) in [7, 11) is 0. The molecule has 1 aromatic rings. The predicted octanol–water partition coefficient (Wildman–Crippen LogP) is 1.39. The Bertz CT molecular complexity index is 431. The van der Waals surface area contributed by atoms with E-state index in [0.717, 1.165) is 5.56 Å². The Morgan fingerprint density at radius 2 is 1.83 bits per heavy atom. The van der Waals surface area contributed by atoms with Crippen LogP contribution in [0.1, 0.15) is 18.4 Å². The molecule has 1 fully saturated rings. The molecule has 0 spiro atoms. The summed E-state index contributed by atoms with van der Waals surface area (Å²) < 4.78 is 0. The van der Waals surface area contributed by atoms with Gasteiger partial charge in [0.05, 0.1) is 6.10 Å². The van der Waals surface area contributed by atoms with Gasteiger partial charge in [-0.1, -0.05) is 12.1 Å². The molecule has 1 aliphatic heterocycles. The lowest BCUT2D eigenvalue weighted by molar-refractivity contribution is -0.127. The van der Waals surface area contributed by atoms with E-state index in [0.29, 0.717) is 25.9 Å². The quantitative estimate of drug-likeness (QED) is 0.776. The fourth-order valence-corrected chi connectivity index (χ4v) is 1.94. The minimum absolute atomic E-state index is 0.0324. The Morgan fingerprint density at radius 1 is 1.22 bits per heavy atom. The molecule has 1 saturated heterocycles. The molecule has 1 heterocycles. The lowest BCUT2D eigenvalue weighted by Crippen LogP contribution is -2.39. The first-order valence-electron chi connectivity index (χ1n) is 6.09. The number of phenolic OH excluding ortho intramolecular Hbond substituents is 1. The van der Waals surface area contributed by atoms with E-state index in [-0.39, 0.29) is 17.8 Å². The van der Waals surface area contributed by atoms with Crippen LogP contribution in [-0.2, 0) is 4.79 Å². The fourth-order valence-electron chi connectivity index (χ4n) is 1.94. The molecule has 0 aliphatic carbocycles. The van der Waals surface area contributed by atoms with Gasteiger partial charge in [-0.25, -0.2) is 0 Å². The van der Waals surface area contributed by atoms with E-state index in [1.54, 1.807) is 35.2 Å². The molecular formula is C14H17NO3. The molecule has 0 aromatic heterocycles. The van der Waals surface area contributed by atoms with Gasteiger partial charge in [0.1, 0.15) is 5.75 Å². The number of phenols is 1. The highest BCUT2D eigenvalue weighted by Crippen LogP contribution is 2.13. The number of carbonyl (C=O) groups excluding carboxylic acids is 1. The van der Waals surface area contributed by atoms with Crippen molar-refractivity contribution in [2.75, 3.05) is 13.1 Å². The van der Waals surface area contributed by atoms with Gasteiger partial charge in [-0.15, -0.1) is 0 Å². The number of rotatable bonds is 2. The minimum atomic E-state index is -0.268. The molecule has 18 heavy (non-hydrogen) atoms. The maximum absolute atomic E-state index is 11.9. The van der Waals surface area contributed by atoms with Crippen LogP contribution in [0.5, 0.6) is 5.75 Å². The second-order valence-corrected chi connectivity index (χ2v) is 4.48. The Kier molecular flexibility index (Phi) is 3.99. The van der Waals surface area contributed by atoms with Crippen molar-refractivity contribution in [3.05, 3.63) is 35.9 Å². The van der Waals surface area contributed by atoms with Crippen molar-refractivity contribution >= 4 is 12.0 Å². The molecule has 2 N–H and O–H groups in total. The third kappa shape index (κ3) is 3.34. The van der Waals surface area contributed by atoms with Crippen LogP contribution in [0.2, 0.25) is 0 Å². The zero-order chi connectivity index (χ0) is 13.0. The smallest absolute Gasteiger partial charge is 0.246 e. The van der Waals surface area contributed by atoms with E-state index in [1.807, 2.05) is 0 Å². The zero-order valence-electron chi connectivity index (χ0n) is 10.1. The Hall–Kier alpha value is -1.81. The van der Waals surface area contributed by atoms with Crippen LogP contribution in [0.3, 0.4) is 0 Å². The summed E-state index contributed by atoms with van der Waals surface area (Å²) in [5, 5.41) is 18.5. The topological polar surface area (TPSA) is 60.8 Å². The third-order valence-corrected chi connectivity index (χ3v) is 3.09. The number of aromatic hydroxyl groups is 1. The number of aliphatic hydroxyl groups is 1. The Labute approximate surface area is 106 Å². The van der Waals surface area contributed by atoms with Gasteiger partial charge in [0.25, 0.3) is 0 Å². The second-order valence-electron chi connectivity index (χ2n) is 4.48. The SMILES string of the molecule is O=C(/C=C/c1ccc(O)cc1)N1CCC(O)CC1. The molecule has 1 aromatic carbocycles. The molecule has 4 heteroatoms. The van der Waals surface area contributed by atoms with Crippen LogP contribution in [-0.4, -0.2) is 40.2 Å². The number of hydrogen-bond donors (Lipinski definition) is 2. The Balaban J connectivity index is 1.92. The van der Waals surface area contributed by atoms with E-state index in [1.165, 1.54) is 6.08 Å². The Morgan fingerprint density at radius 3 is 2.44 bits per heavy atom. The summed E-state index contributed by atoms with van der Waals surface area (Å²) in [6.07, 6.45) is 4.30. The van der Waals surface area contributed by atoms with Crippen molar-refractivity contribution in [1.82, 2.24) is 4.90 Å². The average Bonchev–Trinajstić information content (AvgIpc) is 2.38. The third-order valence-electron chi connectivity index (χ3n) is 3.09. The van der Waals surface area contributed by atoms with Crippen molar-refractivity contribution < 1.29 is 15.0 Å². The van der Waals surface area contributed by atoms with E-state index in [2.05, 4.69) is 0 Å². The molecule has 0 saturated carbocycles. The lowest BCUT2D eigenvalue weighted by Gasteiger charge is -2.28. The van der Waals surface area contributed by atoms with E-state index >= 15 is 0 Å². The number of aliphatic hydroxyl groups excluding tert-OH is 1. The number of hydrogen-bond acceptors (Lipinski definition) is 3. The monoisotopic (exact) mass is 247 g/mol. The molecule has 96 valence electrons.